The number of unbranched alkanes of at least 4 members (excludes halogenated alkanes) is 1. The van der Waals surface area contributed by atoms with Crippen LogP contribution in [0, 0.1) is 0 Å². The summed E-state index contributed by atoms with van der Waals surface area (Å²) in [4.78, 5) is 77.2. The quantitative estimate of drug-likeness (QED) is 0.0266. The first-order chi connectivity index (χ1) is 38.5. The molecule has 18 N–H and O–H groups in total. The summed E-state index contributed by atoms with van der Waals surface area (Å²) in [6, 6.07) is 0. The minimum absolute atomic E-state index is 0.00124. The summed E-state index contributed by atoms with van der Waals surface area (Å²) in [5.74, 6) is -2.61. The van der Waals surface area contributed by atoms with E-state index in [0.29, 0.717) is 6.54 Å². The molecule has 0 bridgehead atoms. The first kappa shape index (κ1) is 69.6. The lowest BCUT2D eigenvalue weighted by atomic mass is 9.96. The van der Waals surface area contributed by atoms with Crippen molar-refractivity contribution >= 4 is 35.3 Å². The topological polar surface area (TPSA) is 503 Å². The number of hydrogen-bond acceptors (Lipinski definition) is 28. The van der Waals surface area contributed by atoms with Gasteiger partial charge in [0.15, 0.2) is 25.2 Å². The van der Waals surface area contributed by atoms with Gasteiger partial charge in [0.2, 0.25) is 29.5 Å². The molecule has 0 aromatic heterocycles. The van der Waals surface area contributed by atoms with E-state index >= 15 is 0 Å². The third-order valence-electron chi connectivity index (χ3n) is 13.5. The fraction of sp³-hybridized carbons (Fsp3) is 0.875. The fourth-order valence-corrected chi connectivity index (χ4v) is 8.83. The number of nitrogens with zero attached hydrogens (tertiary/aromatic N) is 1. The van der Waals surface area contributed by atoms with Gasteiger partial charge in [0.25, 0.3) is 0 Å². The second-order valence-corrected chi connectivity index (χ2v) is 19.9. The van der Waals surface area contributed by atoms with Crippen LogP contribution in [0.4, 0.5) is 0 Å². The summed E-state index contributed by atoms with van der Waals surface area (Å²) in [7, 11) is 0. The monoisotopic (exact) mass is 1180 g/mol. The van der Waals surface area contributed by atoms with E-state index < -0.39 is 160 Å². The molecule has 0 aromatic carbocycles. The van der Waals surface area contributed by atoms with E-state index in [9.17, 15) is 95.2 Å². The van der Waals surface area contributed by atoms with Crippen LogP contribution in [0.15, 0.2) is 0 Å². The third kappa shape index (κ3) is 21.9. The largest absolute Gasteiger partial charge is 0.394 e. The lowest BCUT2D eigenvalue weighted by Crippen LogP contribution is -2.65. The van der Waals surface area contributed by atoms with Crippen molar-refractivity contribution in [1.82, 2.24) is 31.5 Å². The number of ketones is 1. The molecule has 81 heavy (non-hydrogen) atoms. The first-order valence-electron chi connectivity index (χ1n) is 26.9. The second-order valence-electron chi connectivity index (χ2n) is 19.9. The highest BCUT2D eigenvalue weighted by molar-refractivity contribution is 5.85. The van der Waals surface area contributed by atoms with Gasteiger partial charge in [-0.05, 0) is 33.1 Å². The number of aliphatic hydroxyl groups is 13. The summed E-state index contributed by atoms with van der Waals surface area (Å²) in [5.41, 5.74) is 0. The average molecular weight is 1180 g/mol. The normalized spacial score (nSPS) is 34.3. The van der Waals surface area contributed by atoms with E-state index in [-0.39, 0.29) is 122 Å². The van der Waals surface area contributed by atoms with Crippen molar-refractivity contribution in [2.24, 2.45) is 0 Å². The molecule has 0 aromatic rings. The van der Waals surface area contributed by atoms with Crippen molar-refractivity contribution in [3.05, 3.63) is 0 Å². The highest BCUT2D eigenvalue weighted by Gasteiger charge is 2.52. The molecule has 0 aliphatic carbocycles. The number of hydrogen-bond donors (Lipinski definition) is 18. The molecule has 4 saturated heterocycles. The van der Waals surface area contributed by atoms with Crippen molar-refractivity contribution < 1.29 is 133 Å². The molecule has 4 rings (SSSR count). The zero-order valence-corrected chi connectivity index (χ0v) is 45.2. The van der Waals surface area contributed by atoms with Crippen LogP contribution in [0.2, 0.25) is 0 Å². The number of aliphatic hydroxyl groups excluding tert-OH is 13. The highest BCUT2D eigenvalue weighted by Crippen LogP contribution is 2.31. The number of carbonyl (C=O) groups excluding carboxylic acids is 6. The molecule has 0 saturated carbocycles. The number of amides is 5. The van der Waals surface area contributed by atoms with Crippen molar-refractivity contribution in [1.29, 1.82) is 0 Å². The molecule has 4 fully saturated rings. The van der Waals surface area contributed by atoms with Gasteiger partial charge < -0.3 is 131 Å². The highest BCUT2D eigenvalue weighted by atomic mass is 16.8. The van der Waals surface area contributed by atoms with Crippen LogP contribution in [0.3, 0.4) is 0 Å². The summed E-state index contributed by atoms with van der Waals surface area (Å²) < 4.78 is 44.1. The molecule has 0 unspecified atom stereocenters. The van der Waals surface area contributed by atoms with Crippen molar-refractivity contribution in [2.75, 3.05) is 85.4 Å². The fourth-order valence-electron chi connectivity index (χ4n) is 8.83. The van der Waals surface area contributed by atoms with E-state index in [4.69, 9.17) is 37.9 Å². The van der Waals surface area contributed by atoms with Crippen LogP contribution >= 0.6 is 0 Å². The molecule has 468 valence electrons. The van der Waals surface area contributed by atoms with Gasteiger partial charge in [0.05, 0.1) is 58.8 Å². The Bertz CT molecular complexity index is 1930. The maximum absolute atomic E-state index is 13.1. The van der Waals surface area contributed by atoms with E-state index in [1.54, 1.807) is 6.92 Å². The predicted molar refractivity (Wildman–Crippen MR) is 268 cm³/mol. The summed E-state index contributed by atoms with van der Waals surface area (Å²) in [6.07, 6.45) is -31.8. The minimum atomic E-state index is -1.96. The van der Waals surface area contributed by atoms with Gasteiger partial charge >= 0.3 is 0 Å². The first-order valence-corrected chi connectivity index (χ1v) is 26.9. The number of ether oxygens (including phenoxy) is 8. The Morgan fingerprint density at radius 1 is 0.432 bits per heavy atom. The van der Waals surface area contributed by atoms with Gasteiger partial charge in [-0.2, -0.15) is 0 Å². The number of rotatable bonds is 34. The van der Waals surface area contributed by atoms with Crippen LogP contribution in [0.25, 0.3) is 0 Å². The number of carbonyl (C=O) groups is 6. The van der Waals surface area contributed by atoms with Gasteiger partial charge in [-0.15, -0.1) is 0 Å². The van der Waals surface area contributed by atoms with Gasteiger partial charge in [-0.3, -0.25) is 33.7 Å². The molecular formula is C48H84N6O27. The van der Waals surface area contributed by atoms with Crippen LogP contribution < -0.4 is 26.6 Å². The Balaban J connectivity index is 1.22. The van der Waals surface area contributed by atoms with Gasteiger partial charge in [-0.1, -0.05) is 0 Å². The average Bonchev–Trinajstić information content (AvgIpc) is 3.46. The molecule has 0 radical (unpaired) electrons. The van der Waals surface area contributed by atoms with E-state index in [0.717, 1.165) is 0 Å². The summed E-state index contributed by atoms with van der Waals surface area (Å²) in [6.45, 7) is -0.237. The Morgan fingerprint density at radius 3 is 1.46 bits per heavy atom. The Hall–Kier alpha value is -3.86. The standard InChI is InChI=1S/C48H84N6O27/c1-3-49-30(60)10-12-51-32(62)19-54(18-31(61)50-11-6-9-29(59)53-13-15-74-45-40(70)37(67)33(63)23(2)77-45)17-24(57)7-4-5-8-28(58)52-14-16-75-47-43(73)44(81-48-42(72)39(69)35(65)26(21-56)79-48)36(66)27(80-47)22-76-46-41(71)38(68)34(64)25(20-55)78-46/h23,25-27,33-48,55-56,63-73H,3-22H2,1-2H3,(H,49,60)(H,50,61)(H,51,62)(H,52,58)(H,53,59)/t23-,25+,26+,27+,33+,34+,35+,36+,37+,38-,39-,40-,41-,42-,43-,44-,45+,46-,47-,48+/m0/s1. The third-order valence-corrected chi connectivity index (χ3v) is 13.5. The molecular weight excluding hydrogens is 1090 g/mol. The Morgan fingerprint density at radius 2 is 0.889 bits per heavy atom. The Kier molecular flexibility index (Phi) is 30.5. The SMILES string of the molecule is CCNC(=O)CCNC(=O)CN(CC(=O)CCCCC(=O)NCCO[C@H]1O[C@H](CO[C@H]2O[C@H](CO)[C@@H](O)[C@H](O)[C@@H]2O)[C@@H](O)[C@H](O[C@H]2O[C@H](CO)[C@@H](O)[C@H](O)[C@@H]2O)[C@@H]1O)CC(=O)NCCCC(=O)NCCO[C@@H]1O[C@@H](C)[C@@H](O)[C@@H](O)[C@@H]1O. The minimum Gasteiger partial charge on any atom is -0.394 e. The van der Waals surface area contributed by atoms with Gasteiger partial charge in [0.1, 0.15) is 97.3 Å². The van der Waals surface area contributed by atoms with Crippen LogP contribution in [0.1, 0.15) is 58.8 Å². The van der Waals surface area contributed by atoms with Crippen molar-refractivity contribution in [2.45, 2.75) is 182 Å². The van der Waals surface area contributed by atoms with E-state index in [1.807, 2.05) is 0 Å². The van der Waals surface area contributed by atoms with Crippen molar-refractivity contribution in [3.63, 3.8) is 0 Å². The number of Topliss-reactive ketones (excluding diaryl/α,β-unsaturated/α-hetero) is 1. The Labute approximate surface area is 466 Å². The molecule has 5 amide bonds. The molecule has 0 spiro atoms. The molecule has 4 heterocycles. The lowest BCUT2D eigenvalue weighted by molar-refractivity contribution is -0.366. The van der Waals surface area contributed by atoms with Gasteiger partial charge in [0, 0.05) is 58.4 Å². The molecule has 33 nitrogen and oxygen atoms in total. The predicted octanol–water partition coefficient (Wildman–Crippen LogP) is -10.5. The maximum atomic E-state index is 13.1. The molecule has 4 aliphatic heterocycles. The molecule has 4 aliphatic rings. The van der Waals surface area contributed by atoms with Crippen molar-refractivity contribution in [3.8, 4) is 0 Å². The van der Waals surface area contributed by atoms with Crippen LogP contribution in [-0.4, -0.2) is 315 Å². The van der Waals surface area contributed by atoms with E-state index in [2.05, 4.69) is 26.6 Å². The lowest BCUT2D eigenvalue weighted by Gasteiger charge is -2.46. The maximum Gasteiger partial charge on any atom is 0.234 e. The second kappa shape index (κ2) is 35.4. The van der Waals surface area contributed by atoms with Gasteiger partial charge in [-0.25, -0.2) is 0 Å². The zero-order valence-electron chi connectivity index (χ0n) is 45.2. The van der Waals surface area contributed by atoms with E-state index in [1.165, 1.54) is 11.8 Å². The molecule has 33 heteroatoms. The smallest absolute Gasteiger partial charge is 0.234 e. The molecule has 20 atom stereocenters. The van der Waals surface area contributed by atoms with Crippen LogP contribution in [0.5, 0.6) is 0 Å². The summed E-state index contributed by atoms with van der Waals surface area (Å²) >= 11 is 0. The summed E-state index contributed by atoms with van der Waals surface area (Å²) in [5, 5.41) is 147. The van der Waals surface area contributed by atoms with Crippen LogP contribution in [-0.2, 0) is 66.7 Å². The zero-order chi connectivity index (χ0) is 59.9. The number of nitrogens with one attached hydrogen (secondary N) is 5.